The fourth-order valence-corrected chi connectivity index (χ4v) is 3.84. The number of hydrogen-bond acceptors (Lipinski definition) is 3. The number of hydrogen-bond donors (Lipinski definition) is 0. The fraction of sp³-hybridized carbons (Fsp3) is 0.600. The summed E-state index contributed by atoms with van der Waals surface area (Å²) >= 11 is 0. The minimum absolute atomic E-state index is 0.0123. The Morgan fingerprint density at radius 3 is 2.40 bits per heavy atom. The molecule has 5 heteroatoms. The Hall–Kier alpha value is -1.88. The summed E-state index contributed by atoms with van der Waals surface area (Å²) in [6.45, 7) is 7.73. The normalized spacial score (nSPS) is 25.5. The molecule has 2 saturated heterocycles. The zero-order chi connectivity index (χ0) is 18.0. The van der Waals surface area contributed by atoms with Gasteiger partial charge in [-0.05, 0) is 38.2 Å². The monoisotopic (exact) mass is 344 g/mol. The lowest BCUT2D eigenvalue weighted by atomic mass is 9.93. The van der Waals surface area contributed by atoms with Gasteiger partial charge in [-0.2, -0.15) is 0 Å². The third-order valence-electron chi connectivity index (χ3n) is 5.30. The maximum Gasteiger partial charge on any atom is 0.254 e. The van der Waals surface area contributed by atoms with Crippen LogP contribution in [0.3, 0.4) is 0 Å². The van der Waals surface area contributed by atoms with E-state index in [-0.39, 0.29) is 30.5 Å². The molecule has 25 heavy (non-hydrogen) atoms. The summed E-state index contributed by atoms with van der Waals surface area (Å²) in [6, 6.07) is 9.42. The lowest BCUT2D eigenvalue weighted by molar-refractivity contribution is -0.172. The van der Waals surface area contributed by atoms with Crippen LogP contribution in [0.25, 0.3) is 0 Å². The van der Waals surface area contributed by atoms with Crippen molar-refractivity contribution >= 4 is 11.8 Å². The van der Waals surface area contributed by atoms with Crippen LogP contribution in [0.5, 0.6) is 0 Å². The highest BCUT2D eigenvalue weighted by Gasteiger charge is 2.44. The number of nitrogens with zero attached hydrogens (tertiary/aromatic N) is 2. The molecule has 0 spiro atoms. The number of benzene rings is 1. The zero-order valence-corrected chi connectivity index (χ0v) is 15.4. The van der Waals surface area contributed by atoms with Gasteiger partial charge < -0.3 is 14.5 Å². The van der Waals surface area contributed by atoms with Gasteiger partial charge in [0.2, 0.25) is 5.91 Å². The summed E-state index contributed by atoms with van der Waals surface area (Å²) in [4.78, 5) is 29.4. The lowest BCUT2D eigenvalue weighted by Crippen LogP contribution is -2.57. The molecule has 1 aromatic rings. The van der Waals surface area contributed by atoms with E-state index in [4.69, 9.17) is 4.74 Å². The SMILES string of the molecule is CC1CCN(C(=O)[C@H]2OCC(=O)N(C(C)C)[C@@H]2c2ccccc2)CC1. The van der Waals surface area contributed by atoms with Gasteiger partial charge in [-0.1, -0.05) is 37.3 Å². The van der Waals surface area contributed by atoms with Crippen LogP contribution in [-0.2, 0) is 14.3 Å². The Kier molecular flexibility index (Phi) is 5.42. The zero-order valence-electron chi connectivity index (χ0n) is 15.4. The molecule has 136 valence electrons. The number of morpholine rings is 1. The summed E-state index contributed by atoms with van der Waals surface area (Å²) in [7, 11) is 0. The van der Waals surface area contributed by atoms with Crippen LogP contribution in [0.2, 0.25) is 0 Å². The second kappa shape index (κ2) is 7.56. The predicted octanol–water partition coefficient (Wildman–Crippen LogP) is 2.62. The molecule has 0 unspecified atom stereocenters. The van der Waals surface area contributed by atoms with E-state index in [9.17, 15) is 9.59 Å². The molecule has 2 aliphatic rings. The number of carbonyl (C=O) groups is 2. The van der Waals surface area contributed by atoms with Crippen molar-refractivity contribution < 1.29 is 14.3 Å². The average Bonchev–Trinajstić information content (AvgIpc) is 2.62. The van der Waals surface area contributed by atoms with Gasteiger partial charge in [-0.15, -0.1) is 0 Å². The quantitative estimate of drug-likeness (QED) is 0.847. The molecule has 0 bridgehead atoms. The fourth-order valence-electron chi connectivity index (χ4n) is 3.84. The van der Waals surface area contributed by atoms with E-state index in [2.05, 4.69) is 6.92 Å². The van der Waals surface area contributed by atoms with E-state index >= 15 is 0 Å². The van der Waals surface area contributed by atoms with Gasteiger partial charge in [-0.3, -0.25) is 9.59 Å². The van der Waals surface area contributed by atoms with Crippen LogP contribution >= 0.6 is 0 Å². The van der Waals surface area contributed by atoms with Crippen molar-refractivity contribution in [2.24, 2.45) is 5.92 Å². The summed E-state index contributed by atoms with van der Waals surface area (Å²) in [5.74, 6) is 0.619. The number of ether oxygens (including phenoxy) is 1. The second-order valence-corrected chi connectivity index (χ2v) is 7.49. The van der Waals surface area contributed by atoms with E-state index in [1.54, 1.807) is 0 Å². The highest BCUT2D eigenvalue weighted by Crippen LogP contribution is 2.33. The highest BCUT2D eigenvalue weighted by molar-refractivity contribution is 5.86. The molecule has 2 aliphatic heterocycles. The molecule has 0 aliphatic carbocycles. The van der Waals surface area contributed by atoms with Gasteiger partial charge in [0.15, 0.2) is 6.10 Å². The first-order valence-corrected chi connectivity index (χ1v) is 9.25. The van der Waals surface area contributed by atoms with Crippen LogP contribution in [0.1, 0.15) is 45.2 Å². The van der Waals surface area contributed by atoms with Crippen molar-refractivity contribution in [2.75, 3.05) is 19.7 Å². The standard InChI is InChI=1S/C20H28N2O3/c1-14(2)22-17(23)13-25-19(18(22)16-7-5-4-6-8-16)20(24)21-11-9-15(3)10-12-21/h4-8,14-15,18-19H,9-13H2,1-3H3/t18-,19+/m1/s1. The molecule has 2 heterocycles. The smallest absolute Gasteiger partial charge is 0.254 e. The molecule has 3 rings (SSSR count). The molecule has 2 atom stereocenters. The molecule has 2 amide bonds. The Labute approximate surface area is 149 Å². The molecule has 0 N–H and O–H groups in total. The van der Waals surface area contributed by atoms with Crippen molar-refractivity contribution in [3.05, 3.63) is 35.9 Å². The Balaban J connectivity index is 1.90. The van der Waals surface area contributed by atoms with E-state index in [0.717, 1.165) is 31.5 Å². The topological polar surface area (TPSA) is 49.9 Å². The third kappa shape index (κ3) is 3.71. The van der Waals surface area contributed by atoms with Crippen molar-refractivity contribution in [3.63, 3.8) is 0 Å². The van der Waals surface area contributed by atoms with Crippen LogP contribution in [0.15, 0.2) is 30.3 Å². The number of amides is 2. The first kappa shape index (κ1) is 17.9. The molecule has 0 aromatic heterocycles. The number of likely N-dealkylation sites (tertiary alicyclic amines) is 1. The first-order valence-electron chi connectivity index (χ1n) is 9.25. The minimum atomic E-state index is -0.629. The molecule has 2 fully saturated rings. The molecular formula is C20H28N2O3. The van der Waals surface area contributed by atoms with E-state index in [0.29, 0.717) is 5.92 Å². The van der Waals surface area contributed by atoms with Gasteiger partial charge in [0.1, 0.15) is 6.61 Å². The van der Waals surface area contributed by atoms with E-state index in [1.165, 1.54) is 0 Å². The maximum atomic E-state index is 13.2. The Bertz CT molecular complexity index is 609. The van der Waals surface area contributed by atoms with E-state index in [1.807, 2.05) is 54.0 Å². The third-order valence-corrected chi connectivity index (χ3v) is 5.30. The van der Waals surface area contributed by atoms with Crippen molar-refractivity contribution in [2.45, 2.75) is 51.8 Å². The van der Waals surface area contributed by atoms with Gasteiger partial charge in [0.05, 0.1) is 6.04 Å². The first-order chi connectivity index (χ1) is 12.0. The number of carbonyl (C=O) groups excluding carboxylic acids is 2. The van der Waals surface area contributed by atoms with Crippen molar-refractivity contribution in [1.29, 1.82) is 0 Å². The van der Waals surface area contributed by atoms with Gasteiger partial charge in [-0.25, -0.2) is 0 Å². The van der Waals surface area contributed by atoms with Crippen molar-refractivity contribution in [3.8, 4) is 0 Å². The summed E-state index contributed by atoms with van der Waals surface area (Å²) in [5.41, 5.74) is 0.952. The van der Waals surface area contributed by atoms with Crippen molar-refractivity contribution in [1.82, 2.24) is 9.80 Å². The molecule has 1 aromatic carbocycles. The Morgan fingerprint density at radius 1 is 1.16 bits per heavy atom. The molecule has 0 radical (unpaired) electrons. The number of rotatable bonds is 3. The van der Waals surface area contributed by atoms with Crippen LogP contribution in [0, 0.1) is 5.92 Å². The maximum absolute atomic E-state index is 13.2. The van der Waals surface area contributed by atoms with Crippen LogP contribution < -0.4 is 0 Å². The van der Waals surface area contributed by atoms with Gasteiger partial charge >= 0.3 is 0 Å². The van der Waals surface area contributed by atoms with Crippen LogP contribution in [-0.4, -0.2) is 53.5 Å². The summed E-state index contributed by atoms with van der Waals surface area (Å²) < 4.78 is 5.80. The number of piperidine rings is 1. The van der Waals surface area contributed by atoms with Gasteiger partial charge in [0, 0.05) is 19.1 Å². The molecular weight excluding hydrogens is 316 g/mol. The summed E-state index contributed by atoms with van der Waals surface area (Å²) in [6.07, 6.45) is 1.43. The minimum Gasteiger partial charge on any atom is -0.356 e. The molecule has 0 saturated carbocycles. The van der Waals surface area contributed by atoms with Crippen LogP contribution in [0.4, 0.5) is 0 Å². The lowest BCUT2D eigenvalue weighted by Gasteiger charge is -2.44. The van der Waals surface area contributed by atoms with Gasteiger partial charge in [0.25, 0.3) is 5.91 Å². The largest absolute Gasteiger partial charge is 0.356 e. The highest BCUT2D eigenvalue weighted by atomic mass is 16.5. The molecule has 5 nitrogen and oxygen atoms in total. The summed E-state index contributed by atoms with van der Waals surface area (Å²) in [5, 5.41) is 0. The predicted molar refractivity (Wildman–Crippen MR) is 95.9 cm³/mol. The Morgan fingerprint density at radius 2 is 1.80 bits per heavy atom. The van der Waals surface area contributed by atoms with E-state index < -0.39 is 6.10 Å². The average molecular weight is 344 g/mol. The second-order valence-electron chi connectivity index (χ2n) is 7.49.